The average Bonchev–Trinajstić information content (AvgIpc) is 2.58. The van der Waals surface area contributed by atoms with Crippen molar-refractivity contribution in [2.45, 2.75) is 19.3 Å². The number of para-hydroxylation sites is 1. The van der Waals surface area contributed by atoms with Gasteiger partial charge in [0.25, 0.3) is 0 Å². The molecule has 0 aliphatic rings. The highest BCUT2D eigenvalue weighted by Gasteiger charge is 2.06. The van der Waals surface area contributed by atoms with Crippen LogP contribution < -0.4 is 5.76 Å². The van der Waals surface area contributed by atoms with Gasteiger partial charge >= 0.3 is 11.7 Å². The standard InChI is InChI=1S/C11H11NO4/c13-9(14)6-2-4-7-3-1-5-8-10(7)12-11(15)16-8/h1,3,5H,2,4,6H2,(H,12,15)(H,13,14). The molecule has 1 aromatic carbocycles. The lowest BCUT2D eigenvalue weighted by atomic mass is 10.1. The molecule has 0 saturated heterocycles. The van der Waals surface area contributed by atoms with Gasteiger partial charge in [-0.3, -0.25) is 9.78 Å². The van der Waals surface area contributed by atoms with E-state index in [0.29, 0.717) is 23.9 Å². The number of oxazole rings is 1. The molecule has 1 aromatic heterocycles. The first-order valence-corrected chi connectivity index (χ1v) is 4.99. The smallest absolute Gasteiger partial charge is 0.417 e. The molecule has 1 heterocycles. The molecule has 2 N–H and O–H groups in total. The second-order valence-electron chi connectivity index (χ2n) is 3.55. The highest BCUT2D eigenvalue weighted by atomic mass is 16.4. The van der Waals surface area contributed by atoms with Gasteiger partial charge in [0.2, 0.25) is 0 Å². The van der Waals surface area contributed by atoms with Crippen molar-refractivity contribution in [3.05, 3.63) is 34.3 Å². The van der Waals surface area contributed by atoms with Crippen LogP contribution in [0.5, 0.6) is 0 Å². The minimum atomic E-state index is -0.812. The van der Waals surface area contributed by atoms with Crippen LogP contribution in [0.15, 0.2) is 27.4 Å². The topological polar surface area (TPSA) is 83.3 Å². The fourth-order valence-corrected chi connectivity index (χ4v) is 1.67. The van der Waals surface area contributed by atoms with E-state index in [1.165, 1.54) is 0 Å². The minimum Gasteiger partial charge on any atom is -0.481 e. The van der Waals surface area contributed by atoms with E-state index in [4.69, 9.17) is 9.52 Å². The Morgan fingerprint density at radius 3 is 3.00 bits per heavy atom. The molecule has 0 radical (unpaired) electrons. The summed E-state index contributed by atoms with van der Waals surface area (Å²) in [7, 11) is 0. The molecule has 2 aromatic rings. The lowest BCUT2D eigenvalue weighted by Crippen LogP contribution is -1.97. The molecule has 0 unspecified atom stereocenters. The third kappa shape index (κ3) is 2.13. The predicted molar refractivity (Wildman–Crippen MR) is 57.4 cm³/mol. The van der Waals surface area contributed by atoms with Crippen molar-refractivity contribution >= 4 is 17.1 Å². The highest BCUT2D eigenvalue weighted by molar-refractivity contribution is 5.76. The summed E-state index contributed by atoms with van der Waals surface area (Å²) in [5, 5.41) is 8.53. The van der Waals surface area contributed by atoms with Crippen LogP contribution in [0.3, 0.4) is 0 Å². The van der Waals surface area contributed by atoms with Gasteiger partial charge in [0.05, 0.1) is 5.52 Å². The molecule has 5 heteroatoms. The number of aryl methyl sites for hydroxylation is 1. The van der Waals surface area contributed by atoms with Crippen molar-refractivity contribution < 1.29 is 14.3 Å². The number of rotatable bonds is 4. The Hall–Kier alpha value is -2.04. The van der Waals surface area contributed by atoms with E-state index in [-0.39, 0.29) is 6.42 Å². The maximum Gasteiger partial charge on any atom is 0.417 e. The minimum absolute atomic E-state index is 0.123. The molecular weight excluding hydrogens is 210 g/mol. The van der Waals surface area contributed by atoms with Gasteiger partial charge in [-0.05, 0) is 24.5 Å². The Balaban J connectivity index is 2.23. The van der Waals surface area contributed by atoms with Crippen LogP contribution in [0.25, 0.3) is 11.1 Å². The van der Waals surface area contributed by atoms with Gasteiger partial charge in [0.15, 0.2) is 5.58 Å². The molecule has 0 saturated carbocycles. The number of benzene rings is 1. The second-order valence-corrected chi connectivity index (χ2v) is 3.55. The van der Waals surface area contributed by atoms with Crippen molar-refractivity contribution in [1.82, 2.24) is 4.98 Å². The number of carboxylic acid groups (broad SMARTS) is 1. The first-order valence-electron chi connectivity index (χ1n) is 4.99. The number of fused-ring (bicyclic) bond motifs is 1. The number of carbonyl (C=O) groups is 1. The SMILES string of the molecule is O=C(O)CCCc1cccc2oc(=O)[nH]c12. The van der Waals surface area contributed by atoms with Crippen LogP contribution in [0.4, 0.5) is 0 Å². The molecule has 0 amide bonds. The lowest BCUT2D eigenvalue weighted by Gasteiger charge is -2.00. The number of carboxylic acids is 1. The number of aromatic nitrogens is 1. The Bertz CT molecular complexity index is 567. The largest absolute Gasteiger partial charge is 0.481 e. The summed E-state index contributed by atoms with van der Waals surface area (Å²) in [4.78, 5) is 24.0. The molecule has 0 aliphatic carbocycles. The number of H-pyrrole nitrogens is 1. The molecule has 0 bridgehead atoms. The van der Waals surface area contributed by atoms with E-state index in [0.717, 1.165) is 5.56 Å². The van der Waals surface area contributed by atoms with Crippen molar-refractivity contribution in [2.24, 2.45) is 0 Å². The third-order valence-corrected chi connectivity index (χ3v) is 2.38. The monoisotopic (exact) mass is 221 g/mol. The van der Waals surface area contributed by atoms with Crippen molar-refractivity contribution in [3.8, 4) is 0 Å². The predicted octanol–water partition coefficient (Wildman–Crippen LogP) is 1.53. The molecule has 0 aliphatic heterocycles. The van der Waals surface area contributed by atoms with Crippen LogP contribution in [0.1, 0.15) is 18.4 Å². The Morgan fingerprint density at radius 2 is 2.25 bits per heavy atom. The number of nitrogens with one attached hydrogen (secondary N) is 1. The zero-order chi connectivity index (χ0) is 11.5. The van der Waals surface area contributed by atoms with Crippen LogP contribution in [0.2, 0.25) is 0 Å². The van der Waals surface area contributed by atoms with Crippen molar-refractivity contribution in [3.63, 3.8) is 0 Å². The van der Waals surface area contributed by atoms with Crippen LogP contribution in [-0.4, -0.2) is 16.1 Å². The van der Waals surface area contributed by atoms with Crippen molar-refractivity contribution in [2.75, 3.05) is 0 Å². The van der Waals surface area contributed by atoms with Gasteiger partial charge in [0, 0.05) is 6.42 Å². The van der Waals surface area contributed by atoms with Gasteiger partial charge in [-0.1, -0.05) is 12.1 Å². The summed E-state index contributed by atoms with van der Waals surface area (Å²) in [6.07, 6.45) is 1.28. The summed E-state index contributed by atoms with van der Waals surface area (Å²) in [6, 6.07) is 5.35. The van der Waals surface area contributed by atoms with Gasteiger partial charge in [0.1, 0.15) is 0 Å². The average molecular weight is 221 g/mol. The molecule has 0 fully saturated rings. The molecule has 84 valence electrons. The molecule has 0 spiro atoms. The quantitative estimate of drug-likeness (QED) is 0.820. The normalized spacial score (nSPS) is 10.8. The Kier molecular flexibility index (Phi) is 2.76. The summed E-state index contributed by atoms with van der Waals surface area (Å²) in [5.74, 6) is -1.30. The van der Waals surface area contributed by atoms with Gasteiger partial charge < -0.3 is 9.52 Å². The fourth-order valence-electron chi connectivity index (χ4n) is 1.67. The number of aromatic amines is 1. The van der Waals surface area contributed by atoms with Gasteiger partial charge in [-0.15, -0.1) is 0 Å². The van der Waals surface area contributed by atoms with E-state index in [9.17, 15) is 9.59 Å². The number of aliphatic carboxylic acids is 1. The van der Waals surface area contributed by atoms with Crippen LogP contribution in [0, 0.1) is 0 Å². The first-order chi connectivity index (χ1) is 7.66. The van der Waals surface area contributed by atoms with E-state index >= 15 is 0 Å². The zero-order valence-corrected chi connectivity index (χ0v) is 8.53. The molecular formula is C11H11NO4. The molecule has 5 nitrogen and oxygen atoms in total. The first kappa shape index (κ1) is 10.5. The summed E-state index contributed by atoms with van der Waals surface area (Å²) < 4.78 is 4.91. The van der Waals surface area contributed by atoms with E-state index in [1.807, 2.05) is 6.07 Å². The van der Waals surface area contributed by atoms with E-state index in [1.54, 1.807) is 12.1 Å². The molecule has 2 rings (SSSR count). The number of hydrogen-bond acceptors (Lipinski definition) is 3. The highest BCUT2D eigenvalue weighted by Crippen LogP contribution is 2.16. The molecule has 0 atom stereocenters. The van der Waals surface area contributed by atoms with Crippen LogP contribution >= 0.6 is 0 Å². The second kappa shape index (κ2) is 4.22. The van der Waals surface area contributed by atoms with Gasteiger partial charge in [-0.2, -0.15) is 0 Å². The zero-order valence-electron chi connectivity index (χ0n) is 8.53. The fraction of sp³-hybridized carbons (Fsp3) is 0.273. The van der Waals surface area contributed by atoms with Gasteiger partial charge in [-0.25, -0.2) is 4.79 Å². The maximum absolute atomic E-state index is 11.0. The Morgan fingerprint density at radius 1 is 1.44 bits per heavy atom. The summed E-state index contributed by atoms with van der Waals surface area (Å²) >= 11 is 0. The lowest BCUT2D eigenvalue weighted by molar-refractivity contribution is -0.137. The van der Waals surface area contributed by atoms with Crippen LogP contribution in [-0.2, 0) is 11.2 Å². The third-order valence-electron chi connectivity index (χ3n) is 2.38. The maximum atomic E-state index is 11.0. The van der Waals surface area contributed by atoms with E-state index in [2.05, 4.69) is 4.98 Å². The van der Waals surface area contributed by atoms with E-state index < -0.39 is 11.7 Å². The summed E-state index contributed by atoms with van der Waals surface area (Å²) in [5.41, 5.74) is 2.08. The summed E-state index contributed by atoms with van der Waals surface area (Å²) in [6.45, 7) is 0. The Labute approximate surface area is 90.7 Å². The van der Waals surface area contributed by atoms with Crippen molar-refractivity contribution in [1.29, 1.82) is 0 Å². The molecule has 16 heavy (non-hydrogen) atoms. The number of hydrogen-bond donors (Lipinski definition) is 2.